The highest BCUT2D eigenvalue weighted by molar-refractivity contribution is 5.62. The molecule has 0 aliphatic rings. The lowest BCUT2D eigenvalue weighted by Crippen LogP contribution is -2.24. The van der Waals surface area contributed by atoms with Crippen LogP contribution >= 0.6 is 0 Å². The molecule has 0 aliphatic heterocycles. The van der Waals surface area contributed by atoms with Crippen LogP contribution in [-0.2, 0) is 6.54 Å². The SMILES string of the molecule is CCOc1ncnc(N(CC)Cc2ccccc2)c1[N+](=O)[O-]. The summed E-state index contributed by atoms with van der Waals surface area (Å²) < 4.78 is 5.26. The number of aromatic nitrogens is 2. The van der Waals surface area contributed by atoms with Crippen LogP contribution in [-0.4, -0.2) is 28.0 Å². The molecule has 0 radical (unpaired) electrons. The Hall–Kier alpha value is -2.70. The number of nitro groups is 1. The van der Waals surface area contributed by atoms with Crippen LogP contribution in [0.3, 0.4) is 0 Å². The van der Waals surface area contributed by atoms with E-state index in [4.69, 9.17) is 4.74 Å². The van der Waals surface area contributed by atoms with Gasteiger partial charge in [0.15, 0.2) is 0 Å². The second-order valence-electron chi connectivity index (χ2n) is 4.54. The first-order chi connectivity index (χ1) is 10.7. The van der Waals surface area contributed by atoms with E-state index in [1.54, 1.807) is 6.92 Å². The first-order valence-corrected chi connectivity index (χ1v) is 7.08. The molecule has 0 saturated carbocycles. The van der Waals surface area contributed by atoms with Gasteiger partial charge in [-0.3, -0.25) is 10.1 Å². The van der Waals surface area contributed by atoms with Gasteiger partial charge in [-0.2, -0.15) is 4.98 Å². The molecule has 0 bridgehead atoms. The van der Waals surface area contributed by atoms with Gasteiger partial charge in [0.25, 0.3) is 5.88 Å². The van der Waals surface area contributed by atoms with Gasteiger partial charge in [-0.1, -0.05) is 30.3 Å². The largest absolute Gasteiger partial charge is 0.473 e. The van der Waals surface area contributed by atoms with Crippen molar-refractivity contribution in [2.45, 2.75) is 20.4 Å². The Morgan fingerprint density at radius 1 is 1.23 bits per heavy atom. The van der Waals surface area contributed by atoms with Crippen molar-refractivity contribution < 1.29 is 9.66 Å². The summed E-state index contributed by atoms with van der Waals surface area (Å²) in [6.45, 7) is 5.10. The summed E-state index contributed by atoms with van der Waals surface area (Å²) in [7, 11) is 0. The predicted molar refractivity (Wildman–Crippen MR) is 83.0 cm³/mol. The standard InChI is InChI=1S/C15H18N4O3/c1-3-18(10-12-8-6-5-7-9-12)14-13(19(20)21)15(22-4-2)17-11-16-14/h5-9,11H,3-4,10H2,1-2H3. The molecule has 0 unspecified atom stereocenters. The molecule has 0 amide bonds. The Morgan fingerprint density at radius 3 is 2.55 bits per heavy atom. The number of nitrogens with zero attached hydrogens (tertiary/aromatic N) is 4. The third-order valence-corrected chi connectivity index (χ3v) is 3.13. The monoisotopic (exact) mass is 302 g/mol. The van der Waals surface area contributed by atoms with Crippen molar-refractivity contribution in [1.29, 1.82) is 0 Å². The summed E-state index contributed by atoms with van der Waals surface area (Å²) >= 11 is 0. The molecule has 1 heterocycles. The maximum Gasteiger partial charge on any atom is 0.372 e. The number of ether oxygens (including phenoxy) is 1. The molecule has 0 spiro atoms. The van der Waals surface area contributed by atoms with Gasteiger partial charge in [-0.05, 0) is 19.4 Å². The van der Waals surface area contributed by atoms with Crippen LogP contribution in [0.4, 0.5) is 11.5 Å². The second-order valence-corrected chi connectivity index (χ2v) is 4.54. The Balaban J connectivity index is 2.40. The Labute approximate surface area is 128 Å². The van der Waals surface area contributed by atoms with Gasteiger partial charge in [0, 0.05) is 13.1 Å². The van der Waals surface area contributed by atoms with Crippen LogP contribution in [0.5, 0.6) is 5.88 Å². The fourth-order valence-electron chi connectivity index (χ4n) is 2.13. The van der Waals surface area contributed by atoms with E-state index in [9.17, 15) is 10.1 Å². The van der Waals surface area contributed by atoms with Crippen LogP contribution < -0.4 is 9.64 Å². The highest BCUT2D eigenvalue weighted by Crippen LogP contribution is 2.33. The highest BCUT2D eigenvalue weighted by Gasteiger charge is 2.27. The lowest BCUT2D eigenvalue weighted by molar-refractivity contribution is -0.385. The molecular weight excluding hydrogens is 284 g/mol. The zero-order valence-electron chi connectivity index (χ0n) is 12.6. The lowest BCUT2D eigenvalue weighted by atomic mass is 10.2. The summed E-state index contributed by atoms with van der Waals surface area (Å²) in [4.78, 5) is 20.7. The number of benzene rings is 1. The molecule has 22 heavy (non-hydrogen) atoms. The number of anilines is 1. The predicted octanol–water partition coefficient (Wildman–Crippen LogP) is 2.81. The van der Waals surface area contributed by atoms with Gasteiger partial charge in [-0.25, -0.2) is 4.98 Å². The van der Waals surface area contributed by atoms with Crippen molar-refractivity contribution in [2.75, 3.05) is 18.1 Å². The molecule has 7 nitrogen and oxygen atoms in total. The molecule has 1 aromatic heterocycles. The number of hydrogen-bond acceptors (Lipinski definition) is 6. The van der Waals surface area contributed by atoms with E-state index in [0.29, 0.717) is 19.7 Å². The van der Waals surface area contributed by atoms with E-state index < -0.39 is 4.92 Å². The molecule has 2 aromatic rings. The van der Waals surface area contributed by atoms with Gasteiger partial charge < -0.3 is 9.64 Å². The zero-order valence-corrected chi connectivity index (χ0v) is 12.6. The fourth-order valence-corrected chi connectivity index (χ4v) is 2.13. The summed E-state index contributed by atoms with van der Waals surface area (Å²) in [5.74, 6) is 0.277. The number of rotatable bonds is 7. The van der Waals surface area contributed by atoms with Gasteiger partial charge in [-0.15, -0.1) is 0 Å². The minimum absolute atomic E-state index is 0.00371. The molecule has 0 fully saturated rings. The highest BCUT2D eigenvalue weighted by atomic mass is 16.6. The van der Waals surface area contributed by atoms with E-state index in [2.05, 4.69) is 9.97 Å². The lowest BCUT2D eigenvalue weighted by Gasteiger charge is -2.22. The molecule has 0 saturated heterocycles. The van der Waals surface area contributed by atoms with Crippen molar-refractivity contribution in [3.63, 3.8) is 0 Å². The molecule has 2 rings (SSSR count). The summed E-state index contributed by atoms with van der Waals surface area (Å²) in [5.41, 5.74) is 0.859. The normalized spacial score (nSPS) is 10.3. The Kier molecular flexibility index (Phi) is 5.24. The minimum Gasteiger partial charge on any atom is -0.473 e. The van der Waals surface area contributed by atoms with Crippen molar-refractivity contribution in [2.24, 2.45) is 0 Å². The molecule has 7 heteroatoms. The van der Waals surface area contributed by atoms with Crippen molar-refractivity contribution >= 4 is 11.5 Å². The summed E-state index contributed by atoms with van der Waals surface area (Å²) in [5, 5.41) is 11.4. The van der Waals surface area contributed by atoms with Crippen LogP contribution in [0.1, 0.15) is 19.4 Å². The summed E-state index contributed by atoms with van der Waals surface area (Å²) in [6, 6.07) is 9.74. The third kappa shape index (κ3) is 3.49. The van der Waals surface area contributed by atoms with Gasteiger partial charge >= 0.3 is 5.69 Å². The van der Waals surface area contributed by atoms with Crippen LogP contribution in [0.15, 0.2) is 36.7 Å². The molecule has 116 valence electrons. The maximum absolute atomic E-state index is 11.4. The van der Waals surface area contributed by atoms with E-state index in [-0.39, 0.29) is 17.4 Å². The van der Waals surface area contributed by atoms with Gasteiger partial charge in [0.2, 0.25) is 5.82 Å². The molecule has 0 aliphatic carbocycles. The van der Waals surface area contributed by atoms with Crippen molar-refractivity contribution in [3.8, 4) is 5.88 Å². The maximum atomic E-state index is 11.4. The van der Waals surface area contributed by atoms with Gasteiger partial charge in [0.05, 0.1) is 11.5 Å². The van der Waals surface area contributed by atoms with Crippen LogP contribution in [0.2, 0.25) is 0 Å². The molecule has 0 atom stereocenters. The van der Waals surface area contributed by atoms with Crippen molar-refractivity contribution in [1.82, 2.24) is 9.97 Å². The first kappa shape index (κ1) is 15.7. The Bertz CT molecular complexity index is 634. The van der Waals surface area contributed by atoms with E-state index in [1.807, 2.05) is 42.2 Å². The third-order valence-electron chi connectivity index (χ3n) is 3.13. The quantitative estimate of drug-likeness (QED) is 0.578. The zero-order chi connectivity index (χ0) is 15.9. The van der Waals surface area contributed by atoms with Crippen LogP contribution in [0.25, 0.3) is 0 Å². The Morgan fingerprint density at radius 2 is 1.95 bits per heavy atom. The molecule has 0 N–H and O–H groups in total. The van der Waals surface area contributed by atoms with Crippen LogP contribution in [0, 0.1) is 10.1 Å². The van der Waals surface area contributed by atoms with E-state index >= 15 is 0 Å². The summed E-state index contributed by atoms with van der Waals surface area (Å²) in [6.07, 6.45) is 1.29. The van der Waals surface area contributed by atoms with E-state index in [0.717, 1.165) is 5.56 Å². The average molecular weight is 302 g/mol. The minimum atomic E-state index is -0.492. The molecular formula is C15H18N4O3. The fraction of sp³-hybridized carbons (Fsp3) is 0.333. The first-order valence-electron chi connectivity index (χ1n) is 7.08. The topological polar surface area (TPSA) is 81.4 Å². The second kappa shape index (κ2) is 7.35. The average Bonchev–Trinajstić information content (AvgIpc) is 2.53. The van der Waals surface area contributed by atoms with Crippen molar-refractivity contribution in [3.05, 3.63) is 52.3 Å². The van der Waals surface area contributed by atoms with E-state index in [1.165, 1.54) is 6.33 Å². The molecule has 1 aromatic carbocycles. The smallest absolute Gasteiger partial charge is 0.372 e. The number of hydrogen-bond donors (Lipinski definition) is 0. The van der Waals surface area contributed by atoms with Gasteiger partial charge in [0.1, 0.15) is 6.33 Å².